The lowest BCUT2D eigenvalue weighted by atomic mass is 10.1. The Morgan fingerprint density at radius 3 is 2.42 bits per heavy atom. The van der Waals surface area contributed by atoms with E-state index in [-0.39, 0.29) is 4.99 Å². The molecule has 0 aliphatic rings. The zero-order valence-corrected chi connectivity index (χ0v) is 12.3. The van der Waals surface area contributed by atoms with Crippen LogP contribution < -0.4 is 10.5 Å². The number of nitrogens with two attached hydrogens (primary N) is 1. The lowest BCUT2D eigenvalue weighted by Gasteiger charge is -2.14. The Kier molecular flexibility index (Phi) is 4.08. The lowest BCUT2D eigenvalue weighted by Crippen LogP contribution is -2.11. The standard InChI is InChI=1S/C15H14ClNOS/c1-9-5-3-7-12(10(9)2)18-13-8-4-6-11(16)14(13)15(17)19/h3-8H,1-2H3,(H2,17,19). The summed E-state index contributed by atoms with van der Waals surface area (Å²) in [4.78, 5) is 0.228. The topological polar surface area (TPSA) is 35.2 Å². The van der Waals surface area contributed by atoms with Crippen molar-refractivity contribution in [1.82, 2.24) is 0 Å². The molecule has 0 unspecified atom stereocenters. The fraction of sp³-hybridized carbons (Fsp3) is 0.133. The van der Waals surface area contributed by atoms with Crippen molar-refractivity contribution in [2.24, 2.45) is 5.73 Å². The average Bonchev–Trinajstić information content (AvgIpc) is 2.34. The number of rotatable bonds is 3. The van der Waals surface area contributed by atoms with Crippen LogP contribution >= 0.6 is 23.8 Å². The van der Waals surface area contributed by atoms with Gasteiger partial charge in [0.1, 0.15) is 16.5 Å². The first kappa shape index (κ1) is 13.8. The second kappa shape index (κ2) is 5.59. The maximum absolute atomic E-state index is 6.11. The van der Waals surface area contributed by atoms with Crippen LogP contribution in [0.1, 0.15) is 16.7 Å². The fourth-order valence-corrected chi connectivity index (χ4v) is 2.32. The van der Waals surface area contributed by atoms with Crippen LogP contribution in [-0.4, -0.2) is 4.99 Å². The molecule has 0 aromatic heterocycles. The highest BCUT2D eigenvalue weighted by Crippen LogP contribution is 2.32. The summed E-state index contributed by atoms with van der Waals surface area (Å²) < 4.78 is 5.91. The maximum Gasteiger partial charge on any atom is 0.139 e. The minimum Gasteiger partial charge on any atom is -0.456 e. The summed E-state index contributed by atoms with van der Waals surface area (Å²) in [5, 5.41) is 0.496. The van der Waals surface area contributed by atoms with Crippen LogP contribution in [0.4, 0.5) is 0 Å². The number of thiocarbonyl (C=S) groups is 1. The Bertz CT molecular complexity index is 640. The minimum atomic E-state index is 0.228. The molecule has 0 saturated carbocycles. The van der Waals surface area contributed by atoms with Gasteiger partial charge >= 0.3 is 0 Å². The van der Waals surface area contributed by atoms with Crippen LogP contribution in [0.25, 0.3) is 0 Å². The van der Waals surface area contributed by atoms with E-state index < -0.39 is 0 Å². The van der Waals surface area contributed by atoms with Gasteiger partial charge in [0.15, 0.2) is 0 Å². The van der Waals surface area contributed by atoms with Gasteiger partial charge in [-0.05, 0) is 43.2 Å². The Labute approximate surface area is 123 Å². The summed E-state index contributed by atoms with van der Waals surface area (Å²) in [7, 11) is 0. The van der Waals surface area contributed by atoms with Crippen LogP contribution in [-0.2, 0) is 0 Å². The summed E-state index contributed by atoms with van der Waals surface area (Å²) in [5.41, 5.74) is 8.52. The molecule has 2 aromatic carbocycles. The van der Waals surface area contributed by atoms with Gasteiger partial charge in [-0.25, -0.2) is 0 Å². The van der Waals surface area contributed by atoms with Gasteiger partial charge in [-0.2, -0.15) is 0 Å². The van der Waals surface area contributed by atoms with Crippen LogP contribution in [0.2, 0.25) is 5.02 Å². The maximum atomic E-state index is 6.11. The largest absolute Gasteiger partial charge is 0.456 e. The molecule has 0 heterocycles. The zero-order chi connectivity index (χ0) is 14.0. The van der Waals surface area contributed by atoms with Crippen LogP contribution in [0.15, 0.2) is 36.4 Å². The molecule has 0 bridgehead atoms. The second-order valence-corrected chi connectivity index (χ2v) is 5.12. The molecule has 0 aliphatic carbocycles. The molecular formula is C15H14ClNOS. The number of halogens is 1. The van der Waals surface area contributed by atoms with Crippen molar-refractivity contribution in [3.8, 4) is 11.5 Å². The molecule has 19 heavy (non-hydrogen) atoms. The summed E-state index contributed by atoms with van der Waals surface area (Å²) in [6.45, 7) is 4.05. The third-order valence-corrected chi connectivity index (χ3v) is 3.52. The summed E-state index contributed by atoms with van der Waals surface area (Å²) in [6, 6.07) is 11.3. The molecule has 0 spiro atoms. The molecular weight excluding hydrogens is 278 g/mol. The van der Waals surface area contributed by atoms with Crippen molar-refractivity contribution in [3.05, 3.63) is 58.1 Å². The Balaban J connectivity index is 2.47. The first-order chi connectivity index (χ1) is 9.00. The quantitative estimate of drug-likeness (QED) is 0.852. The lowest BCUT2D eigenvalue weighted by molar-refractivity contribution is 0.477. The third kappa shape index (κ3) is 2.88. The fourth-order valence-electron chi connectivity index (χ4n) is 1.78. The molecule has 98 valence electrons. The first-order valence-corrected chi connectivity index (χ1v) is 6.61. The van der Waals surface area contributed by atoms with Gasteiger partial charge in [-0.1, -0.05) is 42.0 Å². The van der Waals surface area contributed by atoms with E-state index in [4.69, 9.17) is 34.3 Å². The van der Waals surface area contributed by atoms with E-state index in [1.807, 2.05) is 44.2 Å². The number of aryl methyl sites for hydroxylation is 1. The van der Waals surface area contributed by atoms with E-state index in [2.05, 4.69) is 0 Å². The zero-order valence-electron chi connectivity index (χ0n) is 10.7. The molecule has 0 atom stereocenters. The molecule has 0 radical (unpaired) electrons. The van der Waals surface area contributed by atoms with E-state index in [9.17, 15) is 0 Å². The predicted octanol–water partition coefficient (Wildman–Crippen LogP) is 4.38. The van der Waals surface area contributed by atoms with E-state index in [0.29, 0.717) is 16.3 Å². The smallest absolute Gasteiger partial charge is 0.139 e. The highest BCUT2D eigenvalue weighted by Gasteiger charge is 2.13. The van der Waals surface area contributed by atoms with Crippen molar-refractivity contribution in [2.45, 2.75) is 13.8 Å². The highest BCUT2D eigenvalue weighted by atomic mass is 35.5. The van der Waals surface area contributed by atoms with Gasteiger partial charge in [0.05, 0.1) is 10.6 Å². The highest BCUT2D eigenvalue weighted by molar-refractivity contribution is 7.80. The van der Waals surface area contributed by atoms with Gasteiger partial charge in [0.2, 0.25) is 0 Å². The molecule has 2 nitrogen and oxygen atoms in total. The number of ether oxygens (including phenoxy) is 1. The Morgan fingerprint density at radius 2 is 1.74 bits per heavy atom. The third-order valence-electron chi connectivity index (χ3n) is 3.00. The van der Waals surface area contributed by atoms with Crippen molar-refractivity contribution in [3.63, 3.8) is 0 Å². The van der Waals surface area contributed by atoms with Crippen molar-refractivity contribution in [2.75, 3.05) is 0 Å². The Morgan fingerprint density at radius 1 is 1.11 bits per heavy atom. The summed E-state index contributed by atoms with van der Waals surface area (Å²) >= 11 is 11.1. The van der Waals surface area contributed by atoms with Crippen LogP contribution in [0.5, 0.6) is 11.5 Å². The van der Waals surface area contributed by atoms with Crippen molar-refractivity contribution in [1.29, 1.82) is 0 Å². The predicted molar refractivity (Wildman–Crippen MR) is 83.3 cm³/mol. The molecule has 2 N–H and O–H groups in total. The van der Waals surface area contributed by atoms with E-state index in [0.717, 1.165) is 16.9 Å². The number of benzene rings is 2. The molecule has 0 fully saturated rings. The van der Waals surface area contributed by atoms with Gasteiger partial charge in [0, 0.05) is 0 Å². The van der Waals surface area contributed by atoms with Crippen molar-refractivity contribution >= 4 is 28.8 Å². The normalized spacial score (nSPS) is 10.3. The number of hydrogen-bond donors (Lipinski definition) is 1. The first-order valence-electron chi connectivity index (χ1n) is 5.83. The van der Waals surface area contributed by atoms with E-state index in [1.165, 1.54) is 0 Å². The molecule has 0 saturated heterocycles. The Hall–Kier alpha value is -1.58. The van der Waals surface area contributed by atoms with Crippen LogP contribution in [0.3, 0.4) is 0 Å². The summed E-state index contributed by atoms with van der Waals surface area (Å²) in [5.74, 6) is 1.36. The van der Waals surface area contributed by atoms with Gasteiger partial charge < -0.3 is 10.5 Å². The number of hydrogen-bond acceptors (Lipinski definition) is 2. The molecule has 2 rings (SSSR count). The average molecular weight is 292 g/mol. The minimum absolute atomic E-state index is 0.228. The van der Waals surface area contributed by atoms with E-state index >= 15 is 0 Å². The van der Waals surface area contributed by atoms with Gasteiger partial charge in [0.25, 0.3) is 0 Å². The SMILES string of the molecule is Cc1cccc(Oc2cccc(Cl)c2C(N)=S)c1C. The second-order valence-electron chi connectivity index (χ2n) is 4.28. The van der Waals surface area contributed by atoms with Crippen LogP contribution in [0, 0.1) is 13.8 Å². The van der Waals surface area contributed by atoms with E-state index in [1.54, 1.807) is 6.07 Å². The summed E-state index contributed by atoms with van der Waals surface area (Å²) in [6.07, 6.45) is 0. The molecule has 4 heteroatoms. The van der Waals surface area contributed by atoms with Gasteiger partial charge in [-0.15, -0.1) is 0 Å². The molecule has 2 aromatic rings. The van der Waals surface area contributed by atoms with Gasteiger partial charge in [-0.3, -0.25) is 0 Å². The molecule has 0 amide bonds. The molecule has 0 aliphatic heterocycles. The van der Waals surface area contributed by atoms with Crippen molar-refractivity contribution < 1.29 is 4.74 Å². The monoisotopic (exact) mass is 291 g/mol.